The van der Waals surface area contributed by atoms with Crippen molar-refractivity contribution in [3.63, 3.8) is 0 Å². The largest absolute Gasteiger partial charge is 0.695 e. The molecule has 1 aliphatic rings. The molecule has 0 spiro atoms. The fourth-order valence-corrected chi connectivity index (χ4v) is 4.68. The van der Waals surface area contributed by atoms with Crippen LogP contribution in [0.1, 0.15) is 57.6 Å². The highest BCUT2D eigenvalue weighted by molar-refractivity contribution is 7.32. The number of imidazole rings is 1. The maximum Gasteiger partial charge on any atom is 0.695 e. The minimum atomic E-state index is -2.97. The zero-order valence-electron chi connectivity index (χ0n) is 21.5. The first-order valence-electron chi connectivity index (χ1n) is 12.7. The van der Waals surface area contributed by atoms with Crippen LogP contribution in [0.4, 0.5) is 5.82 Å². The topological polar surface area (TPSA) is 214 Å². The van der Waals surface area contributed by atoms with Crippen LogP contribution in [0, 0.1) is 0 Å². The molecule has 16 heteroatoms. The number of aliphatic hydroxyl groups excluding tert-OH is 1. The zero-order chi connectivity index (χ0) is 27.3. The van der Waals surface area contributed by atoms with Crippen LogP contribution in [0.25, 0.3) is 11.2 Å². The lowest BCUT2D eigenvalue weighted by Crippen LogP contribution is -2.36. The van der Waals surface area contributed by atoms with E-state index in [-0.39, 0.29) is 18.4 Å². The Morgan fingerprint density at radius 1 is 1.18 bits per heavy atom. The number of nitrogen functional groups attached to an aromatic ring is 1. The maximum atomic E-state index is 11.4. The van der Waals surface area contributed by atoms with Crippen molar-refractivity contribution >= 4 is 31.3 Å². The van der Waals surface area contributed by atoms with Crippen LogP contribution in [0.15, 0.2) is 17.6 Å². The molecule has 1 fully saturated rings. The van der Waals surface area contributed by atoms with Crippen LogP contribution in [0.3, 0.4) is 0 Å². The lowest BCUT2D eigenvalue weighted by molar-refractivity contribution is -0.0841. The maximum absolute atomic E-state index is 11.4. The number of unbranched alkanes of at least 4 members (excludes halogenated alkanes) is 7. The predicted molar refractivity (Wildman–Crippen MR) is 139 cm³/mol. The van der Waals surface area contributed by atoms with Crippen molar-refractivity contribution in [3.8, 4) is 0 Å². The lowest BCUT2D eigenvalue weighted by atomic mass is 10.1. The van der Waals surface area contributed by atoms with Gasteiger partial charge in [-0.1, -0.05) is 38.5 Å². The van der Waals surface area contributed by atoms with Crippen molar-refractivity contribution in [1.29, 1.82) is 0 Å². The van der Waals surface area contributed by atoms with Gasteiger partial charge in [-0.3, -0.25) is 9.40 Å². The van der Waals surface area contributed by atoms with Gasteiger partial charge in [0.25, 0.3) is 6.02 Å². The van der Waals surface area contributed by atoms with Gasteiger partial charge in [-0.05, 0) is 12.8 Å². The quantitative estimate of drug-likeness (QED) is 0.0610. The standard InChI is InChI=1S/C22H37N8O7P/c1-34-22(24)25-10-8-6-4-2-3-5-7-9-11-29-35-12-15-18(37-38(32)33)17(31)21(36-15)30-14-28-16-19(23)26-13-27-20(16)30/h13-15,17-18,21,29,31H,2-12H2,1H3,(H4-,23,24,25,26,27,32,33)/p+1/t15-,17-,18-,21-/m1/s1. The van der Waals surface area contributed by atoms with Gasteiger partial charge in [0, 0.05) is 17.7 Å². The van der Waals surface area contributed by atoms with Crippen LogP contribution >= 0.6 is 8.25 Å². The Bertz CT molecular complexity index is 1040. The van der Waals surface area contributed by atoms with Gasteiger partial charge in [0.1, 0.15) is 24.1 Å². The van der Waals surface area contributed by atoms with E-state index in [2.05, 4.69) is 25.4 Å². The van der Waals surface area contributed by atoms with E-state index in [1.807, 2.05) is 0 Å². The van der Waals surface area contributed by atoms with E-state index in [4.69, 9.17) is 30.3 Å². The molecule has 1 aliphatic heterocycles. The second kappa shape index (κ2) is 15.8. The van der Waals surface area contributed by atoms with Crippen LogP contribution in [0.5, 0.6) is 0 Å². The van der Waals surface area contributed by atoms with Crippen molar-refractivity contribution in [2.45, 2.75) is 75.9 Å². The highest BCUT2D eigenvalue weighted by atomic mass is 31.1. The van der Waals surface area contributed by atoms with Gasteiger partial charge in [0.15, 0.2) is 23.8 Å². The Labute approximate surface area is 221 Å². The van der Waals surface area contributed by atoms with Gasteiger partial charge in [0.05, 0.1) is 20.0 Å². The van der Waals surface area contributed by atoms with Crippen molar-refractivity contribution in [2.75, 3.05) is 32.5 Å². The van der Waals surface area contributed by atoms with Gasteiger partial charge in [-0.25, -0.2) is 25.4 Å². The number of nitrogens with one attached hydrogen (secondary N) is 1. The summed E-state index contributed by atoms with van der Waals surface area (Å²) in [7, 11) is -1.46. The molecule has 0 saturated carbocycles. The predicted octanol–water partition coefficient (Wildman–Crippen LogP) is 1.30. The van der Waals surface area contributed by atoms with E-state index in [0.29, 0.717) is 24.3 Å². The number of hydrogen-bond acceptors (Lipinski definition) is 12. The molecular formula is C22H38N8O7P+. The number of hydrogen-bond donors (Lipinski definition) is 5. The molecule has 7 N–H and O–H groups in total. The van der Waals surface area contributed by atoms with E-state index in [0.717, 1.165) is 32.1 Å². The van der Waals surface area contributed by atoms with Gasteiger partial charge < -0.3 is 26.0 Å². The van der Waals surface area contributed by atoms with Gasteiger partial charge >= 0.3 is 8.25 Å². The van der Waals surface area contributed by atoms with E-state index >= 15 is 0 Å². The molecule has 3 heterocycles. The van der Waals surface area contributed by atoms with E-state index < -0.39 is 32.8 Å². The van der Waals surface area contributed by atoms with E-state index in [9.17, 15) is 14.6 Å². The summed E-state index contributed by atoms with van der Waals surface area (Å²) < 4.78 is 28.6. The minimum absolute atomic E-state index is 0.00870. The Kier molecular flexibility index (Phi) is 12.5. The number of nitrogens with zero attached hydrogens (tertiary/aromatic N) is 5. The number of anilines is 1. The Balaban J connectivity index is 1.33. The molecule has 0 amide bonds. The normalized spacial score (nSPS) is 22.3. The van der Waals surface area contributed by atoms with Crippen molar-refractivity contribution in [1.82, 2.24) is 25.0 Å². The first-order valence-corrected chi connectivity index (χ1v) is 13.8. The molecule has 3 rings (SSSR count). The SMILES string of the molecule is COC(N)=NCCCCCCCCCCNOC[C@H]1O[C@@H](n2cnc3c(N)ncnc32)[C@H](O)[C@@H]1O[P+](=O)O. The molecule has 2 aromatic heterocycles. The highest BCUT2D eigenvalue weighted by Gasteiger charge is 2.50. The summed E-state index contributed by atoms with van der Waals surface area (Å²) in [5.74, 6) is 0.187. The summed E-state index contributed by atoms with van der Waals surface area (Å²) in [6, 6.07) is 0.236. The molecule has 38 heavy (non-hydrogen) atoms. The average molecular weight is 558 g/mol. The summed E-state index contributed by atoms with van der Waals surface area (Å²) in [4.78, 5) is 31.1. The number of aliphatic hydroxyl groups is 1. The monoisotopic (exact) mass is 557 g/mol. The average Bonchev–Trinajstić information content (AvgIpc) is 3.45. The first-order chi connectivity index (χ1) is 18.4. The third-order valence-electron chi connectivity index (χ3n) is 6.20. The van der Waals surface area contributed by atoms with E-state index in [1.165, 1.54) is 43.6 Å². The second-order valence-corrected chi connectivity index (χ2v) is 9.59. The van der Waals surface area contributed by atoms with Crippen LogP contribution in [0.2, 0.25) is 0 Å². The van der Waals surface area contributed by atoms with E-state index in [1.54, 1.807) is 0 Å². The second-order valence-electron chi connectivity index (χ2n) is 8.90. The number of ether oxygens (including phenoxy) is 2. The zero-order valence-corrected chi connectivity index (χ0v) is 22.4. The minimum Gasteiger partial charge on any atom is -0.469 e. The smallest absolute Gasteiger partial charge is 0.469 e. The molecule has 0 aromatic carbocycles. The number of nitrogens with two attached hydrogens (primary N) is 2. The van der Waals surface area contributed by atoms with Gasteiger partial charge in [-0.2, -0.15) is 0 Å². The molecule has 212 valence electrons. The third kappa shape index (κ3) is 8.76. The molecule has 15 nitrogen and oxygen atoms in total. The van der Waals surface area contributed by atoms with Crippen LogP contribution in [-0.4, -0.2) is 80.7 Å². The van der Waals surface area contributed by atoms with Gasteiger partial charge in [-0.15, -0.1) is 9.42 Å². The van der Waals surface area contributed by atoms with Crippen LogP contribution in [-0.2, 0) is 23.4 Å². The first kappa shape index (κ1) is 30.0. The number of rotatable bonds is 17. The molecule has 0 aliphatic carbocycles. The molecule has 2 aromatic rings. The Hall–Kier alpha value is -2.52. The number of aromatic nitrogens is 4. The summed E-state index contributed by atoms with van der Waals surface area (Å²) in [6.45, 7) is 1.33. The fraction of sp³-hybridized carbons (Fsp3) is 0.727. The van der Waals surface area contributed by atoms with Gasteiger partial charge in [0.2, 0.25) is 0 Å². The number of hydroxylamine groups is 1. The summed E-state index contributed by atoms with van der Waals surface area (Å²) in [5, 5.41) is 10.8. The van der Waals surface area contributed by atoms with Crippen LogP contribution < -0.4 is 16.9 Å². The number of amidine groups is 1. The molecule has 0 radical (unpaired) electrons. The Morgan fingerprint density at radius 2 is 1.89 bits per heavy atom. The van der Waals surface area contributed by atoms with Crippen molar-refractivity contribution in [2.24, 2.45) is 10.7 Å². The Morgan fingerprint density at radius 3 is 2.61 bits per heavy atom. The number of fused-ring (bicyclic) bond motifs is 1. The summed E-state index contributed by atoms with van der Waals surface area (Å²) in [5.41, 5.74) is 14.9. The molecular weight excluding hydrogens is 519 g/mol. The lowest BCUT2D eigenvalue weighted by Gasteiger charge is -2.16. The molecule has 1 saturated heterocycles. The molecule has 1 unspecified atom stereocenters. The number of aliphatic imine (C=N–C) groups is 1. The summed E-state index contributed by atoms with van der Waals surface area (Å²) >= 11 is 0. The molecule has 0 bridgehead atoms. The molecule has 5 atom stereocenters. The third-order valence-corrected chi connectivity index (χ3v) is 6.62. The van der Waals surface area contributed by atoms with Crippen molar-refractivity contribution < 1.29 is 33.4 Å². The van der Waals surface area contributed by atoms with Crippen molar-refractivity contribution in [3.05, 3.63) is 12.7 Å². The highest BCUT2D eigenvalue weighted by Crippen LogP contribution is 2.37. The fourth-order valence-electron chi connectivity index (χ4n) is 4.21. The number of methoxy groups -OCH3 is 1. The summed E-state index contributed by atoms with van der Waals surface area (Å²) in [6.07, 6.45) is 7.35.